The Hall–Kier alpha value is -4.19. The molecule has 474 valence electrons. The van der Waals surface area contributed by atoms with Crippen LogP contribution in [-0.4, -0.2) is 37.2 Å². The molecule has 0 bridgehead atoms. The summed E-state index contributed by atoms with van der Waals surface area (Å²) in [5.74, 6) is -0.910. The van der Waals surface area contributed by atoms with Gasteiger partial charge in [0.1, 0.15) is 13.2 Å². The van der Waals surface area contributed by atoms with Gasteiger partial charge in [0.05, 0.1) is 0 Å². The Bertz CT molecular complexity index is 1700. The normalized spacial score (nSPS) is 12.9. The van der Waals surface area contributed by atoms with Crippen LogP contribution in [0.2, 0.25) is 0 Å². The number of unbranched alkanes of at least 4 members (excludes halogenated alkanes) is 32. The fourth-order valence-corrected chi connectivity index (χ4v) is 9.75. The molecule has 0 heterocycles. The molecule has 0 spiro atoms. The van der Waals surface area contributed by atoms with Gasteiger partial charge in [-0.25, -0.2) is 0 Å². The molecule has 0 radical (unpaired) electrons. The lowest BCUT2D eigenvalue weighted by atomic mass is 10.0. The third-order valence-electron chi connectivity index (χ3n) is 14.9. The van der Waals surface area contributed by atoms with E-state index < -0.39 is 6.10 Å². The van der Waals surface area contributed by atoms with Crippen molar-refractivity contribution < 1.29 is 28.6 Å². The SMILES string of the molecule is CC/C=C\C/C=C\C/C=C\C/C=C\C/C=C\CCCCCCCCCCCC(=O)OCC(COC(=O)CCCCCC/C=C\C/C=C\C/C=C\C/C=C\CC)OC(=O)CCCCCCCCCCCCC/C=C\CCCCCCCCCC. The van der Waals surface area contributed by atoms with E-state index in [1.807, 2.05) is 0 Å². The van der Waals surface area contributed by atoms with Crippen LogP contribution in [0, 0.1) is 0 Å². The van der Waals surface area contributed by atoms with Crippen molar-refractivity contribution in [2.24, 2.45) is 0 Å². The predicted molar refractivity (Wildman–Crippen MR) is 362 cm³/mol. The van der Waals surface area contributed by atoms with E-state index in [1.165, 1.54) is 154 Å². The third kappa shape index (κ3) is 68.5. The summed E-state index contributed by atoms with van der Waals surface area (Å²) in [5, 5.41) is 0. The van der Waals surface area contributed by atoms with Crippen molar-refractivity contribution in [1.82, 2.24) is 0 Å². The Balaban J connectivity index is 4.40. The predicted octanol–water partition coefficient (Wildman–Crippen LogP) is 24.3. The summed E-state index contributed by atoms with van der Waals surface area (Å²) in [6, 6.07) is 0. The van der Waals surface area contributed by atoms with Crippen molar-refractivity contribution in [2.75, 3.05) is 13.2 Å². The minimum Gasteiger partial charge on any atom is -0.462 e. The number of esters is 3. The number of carbonyl (C=O) groups excluding carboxylic acids is 3. The zero-order valence-electron chi connectivity index (χ0n) is 54.4. The van der Waals surface area contributed by atoms with Crippen molar-refractivity contribution >= 4 is 17.9 Å². The highest BCUT2D eigenvalue weighted by Gasteiger charge is 2.19. The Morgan fingerprint density at radius 3 is 0.747 bits per heavy atom. The molecule has 0 amide bonds. The number of ether oxygens (including phenoxy) is 3. The molecule has 0 saturated heterocycles. The van der Waals surface area contributed by atoms with E-state index in [9.17, 15) is 14.4 Å². The van der Waals surface area contributed by atoms with E-state index in [4.69, 9.17) is 14.2 Å². The maximum absolute atomic E-state index is 13.0. The largest absolute Gasteiger partial charge is 0.462 e. The Morgan fingerprint density at radius 1 is 0.253 bits per heavy atom. The second kappa shape index (κ2) is 70.3. The zero-order chi connectivity index (χ0) is 59.9. The Kier molecular flexibility index (Phi) is 66.7. The minimum atomic E-state index is -0.797. The first-order chi connectivity index (χ1) is 41.0. The Morgan fingerprint density at radius 2 is 0.470 bits per heavy atom. The molecule has 0 aliphatic rings. The van der Waals surface area contributed by atoms with Crippen LogP contribution in [0.4, 0.5) is 0 Å². The zero-order valence-corrected chi connectivity index (χ0v) is 54.4. The standard InChI is InChI=1S/C77H130O6/c1-4-7-10-13-16-19-22-25-28-31-33-35-37-38-40-41-43-46-49-52-55-58-61-64-67-70-76(79)82-73-74(72-81-75(78)69-66-63-60-57-54-51-48-45-30-27-24-21-18-15-12-9-6-3)83-77(80)71-68-65-62-59-56-53-50-47-44-42-39-36-34-32-29-26-23-20-17-14-11-8-5-2/h7,9-10,12,16,18-19,21,25,27-28,30,32-35,38,40,48,51,74H,4-6,8,11,13-15,17,20,22-24,26,29,31,36-37,39,41-47,49-50,52-73H2,1-3H3/b10-7-,12-9-,19-16-,21-18-,28-25-,30-27-,34-32-,35-33-,40-38-,51-48-. The van der Waals surface area contributed by atoms with Crippen molar-refractivity contribution in [3.05, 3.63) is 122 Å². The topological polar surface area (TPSA) is 78.9 Å². The molecule has 1 unspecified atom stereocenters. The second-order valence-electron chi connectivity index (χ2n) is 23.0. The first-order valence-electron chi connectivity index (χ1n) is 35.0. The van der Waals surface area contributed by atoms with E-state index in [-0.39, 0.29) is 31.1 Å². The van der Waals surface area contributed by atoms with Crippen molar-refractivity contribution in [1.29, 1.82) is 0 Å². The van der Waals surface area contributed by atoms with Gasteiger partial charge in [-0.2, -0.15) is 0 Å². The number of hydrogen-bond donors (Lipinski definition) is 0. The molecule has 0 aliphatic carbocycles. The van der Waals surface area contributed by atoms with Gasteiger partial charge >= 0.3 is 17.9 Å². The number of hydrogen-bond acceptors (Lipinski definition) is 6. The van der Waals surface area contributed by atoms with Gasteiger partial charge in [-0.3, -0.25) is 14.4 Å². The monoisotopic (exact) mass is 1150 g/mol. The minimum absolute atomic E-state index is 0.0906. The summed E-state index contributed by atoms with van der Waals surface area (Å²) in [7, 11) is 0. The Labute approximate surface area is 513 Å². The van der Waals surface area contributed by atoms with Crippen molar-refractivity contribution in [3.63, 3.8) is 0 Å². The average molecular weight is 1150 g/mol. The van der Waals surface area contributed by atoms with Gasteiger partial charge in [-0.05, 0) is 128 Å². The van der Waals surface area contributed by atoms with Gasteiger partial charge in [0.25, 0.3) is 0 Å². The van der Waals surface area contributed by atoms with Crippen LogP contribution >= 0.6 is 0 Å². The van der Waals surface area contributed by atoms with Crippen LogP contribution in [-0.2, 0) is 28.6 Å². The van der Waals surface area contributed by atoms with Gasteiger partial charge in [0.2, 0.25) is 0 Å². The van der Waals surface area contributed by atoms with Gasteiger partial charge in [-0.15, -0.1) is 0 Å². The van der Waals surface area contributed by atoms with Crippen LogP contribution in [0.5, 0.6) is 0 Å². The fourth-order valence-electron chi connectivity index (χ4n) is 9.75. The fraction of sp³-hybridized carbons (Fsp3) is 0.701. The van der Waals surface area contributed by atoms with Gasteiger partial charge in [0, 0.05) is 19.3 Å². The van der Waals surface area contributed by atoms with Crippen LogP contribution in [0.25, 0.3) is 0 Å². The number of allylic oxidation sites excluding steroid dienone is 20. The first kappa shape index (κ1) is 78.8. The van der Waals surface area contributed by atoms with Crippen LogP contribution < -0.4 is 0 Å². The van der Waals surface area contributed by atoms with Crippen molar-refractivity contribution in [2.45, 2.75) is 335 Å². The molecule has 6 heteroatoms. The summed E-state index contributed by atoms with van der Waals surface area (Å²) in [5.41, 5.74) is 0. The lowest BCUT2D eigenvalue weighted by Crippen LogP contribution is -2.30. The number of carbonyl (C=O) groups is 3. The molecule has 0 aromatic heterocycles. The molecule has 0 fully saturated rings. The lowest BCUT2D eigenvalue weighted by molar-refractivity contribution is -0.167. The highest BCUT2D eigenvalue weighted by molar-refractivity contribution is 5.71. The van der Waals surface area contributed by atoms with Crippen LogP contribution in [0.15, 0.2) is 122 Å². The molecule has 0 aliphatic heterocycles. The molecule has 0 aromatic rings. The van der Waals surface area contributed by atoms with E-state index in [0.29, 0.717) is 19.3 Å². The van der Waals surface area contributed by atoms with E-state index >= 15 is 0 Å². The highest BCUT2D eigenvalue weighted by atomic mass is 16.6. The highest BCUT2D eigenvalue weighted by Crippen LogP contribution is 2.17. The molecule has 0 rings (SSSR count). The quantitative estimate of drug-likeness (QED) is 0.0261. The summed E-state index contributed by atoms with van der Waals surface area (Å²) >= 11 is 0. The summed E-state index contributed by atoms with van der Waals surface area (Å²) < 4.78 is 17.0. The second-order valence-corrected chi connectivity index (χ2v) is 23.0. The third-order valence-corrected chi connectivity index (χ3v) is 14.9. The van der Waals surface area contributed by atoms with Crippen molar-refractivity contribution in [3.8, 4) is 0 Å². The molecule has 83 heavy (non-hydrogen) atoms. The summed E-state index contributed by atoms with van der Waals surface area (Å²) in [6.07, 6.45) is 97.9. The summed E-state index contributed by atoms with van der Waals surface area (Å²) in [4.78, 5) is 38.5. The number of rotatable bonds is 63. The van der Waals surface area contributed by atoms with Gasteiger partial charge in [-0.1, -0.05) is 303 Å². The summed E-state index contributed by atoms with van der Waals surface area (Å²) in [6.45, 7) is 6.42. The first-order valence-corrected chi connectivity index (χ1v) is 35.0. The average Bonchev–Trinajstić information content (AvgIpc) is 3.49. The smallest absolute Gasteiger partial charge is 0.306 e. The van der Waals surface area contributed by atoms with E-state index in [1.54, 1.807) is 0 Å². The molecular formula is C77H130O6. The van der Waals surface area contributed by atoms with Crippen LogP contribution in [0.3, 0.4) is 0 Å². The molecule has 0 N–H and O–H groups in total. The maximum atomic E-state index is 13.0. The van der Waals surface area contributed by atoms with E-state index in [0.717, 1.165) is 135 Å². The van der Waals surface area contributed by atoms with Gasteiger partial charge in [0.15, 0.2) is 6.10 Å². The lowest BCUT2D eigenvalue weighted by Gasteiger charge is -2.18. The molecule has 0 aromatic carbocycles. The van der Waals surface area contributed by atoms with Crippen LogP contribution in [0.1, 0.15) is 329 Å². The molecule has 0 saturated carbocycles. The van der Waals surface area contributed by atoms with E-state index in [2.05, 4.69) is 142 Å². The molecular weight excluding hydrogens is 1020 g/mol. The maximum Gasteiger partial charge on any atom is 0.306 e. The molecule has 1 atom stereocenters. The van der Waals surface area contributed by atoms with Gasteiger partial charge < -0.3 is 14.2 Å². The molecule has 6 nitrogen and oxygen atoms in total.